The van der Waals surface area contributed by atoms with E-state index in [9.17, 15) is 14.9 Å². The molecule has 136 valence electrons. The Labute approximate surface area is 149 Å². The predicted octanol–water partition coefficient (Wildman–Crippen LogP) is 2.55. The molecule has 0 fully saturated rings. The highest BCUT2D eigenvalue weighted by atomic mass is 16.6. The molecule has 9 nitrogen and oxygen atoms in total. The molecule has 1 aromatic carbocycles. The van der Waals surface area contributed by atoms with Gasteiger partial charge in [0.1, 0.15) is 5.75 Å². The Balaban J connectivity index is 2.27. The molecule has 2 rings (SSSR count). The minimum atomic E-state index is -0.549. The molecule has 2 aromatic rings. The number of ether oxygens (including phenoxy) is 2. The molecule has 9 heteroatoms. The van der Waals surface area contributed by atoms with Crippen LogP contribution in [-0.4, -0.2) is 35.2 Å². The first-order valence-corrected chi connectivity index (χ1v) is 7.88. The predicted molar refractivity (Wildman–Crippen MR) is 94.7 cm³/mol. The molecule has 0 radical (unpaired) electrons. The van der Waals surface area contributed by atoms with Gasteiger partial charge in [-0.2, -0.15) is 5.10 Å². The van der Waals surface area contributed by atoms with Crippen LogP contribution >= 0.6 is 0 Å². The lowest BCUT2D eigenvalue weighted by Gasteiger charge is -2.10. The number of pyridine rings is 1. The molecule has 0 unspecified atom stereocenters. The minimum absolute atomic E-state index is 0.109. The fourth-order valence-electron chi connectivity index (χ4n) is 2.08. The number of hydrogen-bond acceptors (Lipinski definition) is 7. The van der Waals surface area contributed by atoms with Gasteiger partial charge in [0, 0.05) is 30.1 Å². The Kier molecular flexibility index (Phi) is 6.60. The lowest BCUT2D eigenvalue weighted by molar-refractivity contribution is -0.385. The second-order valence-electron chi connectivity index (χ2n) is 4.92. The van der Waals surface area contributed by atoms with Crippen LogP contribution in [-0.2, 0) is 0 Å². The molecule has 26 heavy (non-hydrogen) atoms. The van der Waals surface area contributed by atoms with Crippen molar-refractivity contribution in [3.8, 4) is 11.5 Å². The fraction of sp³-hybridized carbons (Fsp3) is 0.235. The van der Waals surface area contributed by atoms with Crippen LogP contribution in [0, 0.1) is 10.1 Å². The van der Waals surface area contributed by atoms with Gasteiger partial charge in [-0.15, -0.1) is 0 Å². The van der Waals surface area contributed by atoms with Crippen LogP contribution in [0.3, 0.4) is 0 Å². The van der Waals surface area contributed by atoms with Crippen LogP contribution < -0.4 is 14.9 Å². The summed E-state index contributed by atoms with van der Waals surface area (Å²) in [5.74, 6) is 0.0196. The smallest absolute Gasteiger partial charge is 0.311 e. The summed E-state index contributed by atoms with van der Waals surface area (Å²) < 4.78 is 10.8. The highest BCUT2D eigenvalue weighted by Crippen LogP contribution is 2.34. The lowest BCUT2D eigenvalue weighted by Crippen LogP contribution is -2.17. The number of aromatic nitrogens is 1. The number of rotatable bonds is 8. The molecule has 0 saturated carbocycles. The first-order chi connectivity index (χ1) is 12.6. The third kappa shape index (κ3) is 4.76. The molecular formula is C17H18N4O5. The van der Waals surface area contributed by atoms with Crippen molar-refractivity contribution < 1.29 is 19.2 Å². The van der Waals surface area contributed by atoms with Gasteiger partial charge in [-0.25, -0.2) is 5.43 Å². The molecule has 1 amide bonds. The van der Waals surface area contributed by atoms with Crippen LogP contribution in [0.15, 0.2) is 41.8 Å². The van der Waals surface area contributed by atoms with E-state index >= 15 is 0 Å². The summed E-state index contributed by atoms with van der Waals surface area (Å²) in [5, 5.41) is 15.1. The van der Waals surface area contributed by atoms with E-state index in [0.717, 1.165) is 0 Å². The van der Waals surface area contributed by atoms with Gasteiger partial charge in [-0.3, -0.25) is 19.9 Å². The molecule has 1 aromatic heterocycles. The Morgan fingerprint density at radius 3 is 2.65 bits per heavy atom. The van der Waals surface area contributed by atoms with E-state index in [1.807, 2.05) is 0 Å². The molecule has 0 aliphatic carbocycles. The Morgan fingerprint density at radius 2 is 2.04 bits per heavy atom. The topological polar surface area (TPSA) is 116 Å². The Morgan fingerprint density at radius 1 is 1.31 bits per heavy atom. The number of amides is 1. The second-order valence-corrected chi connectivity index (χ2v) is 4.92. The number of nitro benzene ring substituents is 1. The summed E-state index contributed by atoms with van der Waals surface area (Å²) in [6.07, 6.45) is 4.23. The van der Waals surface area contributed by atoms with Crippen LogP contribution in [0.25, 0.3) is 0 Å². The molecule has 1 N–H and O–H groups in total. The van der Waals surface area contributed by atoms with Gasteiger partial charge in [-0.1, -0.05) is 0 Å². The molecular weight excluding hydrogens is 340 g/mol. The van der Waals surface area contributed by atoms with Gasteiger partial charge in [0.2, 0.25) is 5.75 Å². The highest BCUT2D eigenvalue weighted by molar-refractivity contribution is 5.95. The summed E-state index contributed by atoms with van der Waals surface area (Å²) in [6.45, 7) is 4.15. The number of nitrogens with one attached hydrogen (secondary N) is 1. The van der Waals surface area contributed by atoms with Gasteiger partial charge >= 0.3 is 5.69 Å². The Bertz CT molecular complexity index is 808. The van der Waals surface area contributed by atoms with Crippen molar-refractivity contribution in [3.05, 3.63) is 57.9 Å². The van der Waals surface area contributed by atoms with E-state index in [-0.39, 0.29) is 18.0 Å². The number of benzene rings is 1. The molecule has 0 spiro atoms. The summed E-state index contributed by atoms with van der Waals surface area (Å²) in [5.41, 5.74) is 2.81. The third-order valence-electron chi connectivity index (χ3n) is 3.18. The molecule has 0 atom stereocenters. The number of nitro groups is 1. The highest BCUT2D eigenvalue weighted by Gasteiger charge is 2.19. The van der Waals surface area contributed by atoms with E-state index in [2.05, 4.69) is 15.5 Å². The first kappa shape index (κ1) is 18.8. The van der Waals surface area contributed by atoms with Crippen molar-refractivity contribution in [3.63, 3.8) is 0 Å². The molecule has 0 bridgehead atoms. The lowest BCUT2D eigenvalue weighted by atomic mass is 10.1. The van der Waals surface area contributed by atoms with Crippen LogP contribution in [0.4, 0.5) is 5.69 Å². The van der Waals surface area contributed by atoms with Crippen molar-refractivity contribution in [1.29, 1.82) is 0 Å². The fourth-order valence-corrected chi connectivity index (χ4v) is 2.08. The van der Waals surface area contributed by atoms with E-state index < -0.39 is 10.8 Å². The monoisotopic (exact) mass is 358 g/mol. The first-order valence-electron chi connectivity index (χ1n) is 7.88. The van der Waals surface area contributed by atoms with E-state index in [1.54, 1.807) is 32.2 Å². The molecule has 0 aliphatic rings. The van der Waals surface area contributed by atoms with Crippen LogP contribution in [0.5, 0.6) is 11.5 Å². The number of carbonyl (C=O) groups excluding carboxylic acids is 1. The van der Waals surface area contributed by atoms with Gasteiger partial charge in [0.25, 0.3) is 5.91 Å². The third-order valence-corrected chi connectivity index (χ3v) is 3.18. The average molecular weight is 358 g/mol. The van der Waals surface area contributed by atoms with Crippen molar-refractivity contribution in [1.82, 2.24) is 10.4 Å². The van der Waals surface area contributed by atoms with Gasteiger partial charge in [0.05, 0.1) is 29.9 Å². The zero-order valence-corrected chi connectivity index (χ0v) is 14.3. The number of nitrogens with zero attached hydrogens (tertiary/aromatic N) is 3. The van der Waals surface area contributed by atoms with Crippen molar-refractivity contribution in [2.75, 3.05) is 13.2 Å². The zero-order chi connectivity index (χ0) is 18.9. The molecule has 0 saturated heterocycles. The maximum Gasteiger partial charge on any atom is 0.311 e. The Hall–Kier alpha value is -3.49. The maximum atomic E-state index is 11.9. The van der Waals surface area contributed by atoms with Gasteiger partial charge < -0.3 is 9.47 Å². The van der Waals surface area contributed by atoms with Crippen LogP contribution in [0.2, 0.25) is 0 Å². The van der Waals surface area contributed by atoms with Gasteiger partial charge in [-0.05, 0) is 26.0 Å². The average Bonchev–Trinajstić information content (AvgIpc) is 2.64. The largest absolute Gasteiger partial charge is 0.493 e. The SMILES string of the molecule is CCOc1cc(OCC)c([N+](=O)[O-])cc1/C=N\NC(=O)c1cccnc1. The summed E-state index contributed by atoms with van der Waals surface area (Å²) in [6, 6.07) is 5.94. The van der Waals surface area contributed by atoms with Crippen LogP contribution in [0.1, 0.15) is 29.8 Å². The molecule has 0 aliphatic heterocycles. The summed E-state index contributed by atoms with van der Waals surface area (Å²) >= 11 is 0. The van der Waals surface area contributed by atoms with Gasteiger partial charge in [0.15, 0.2) is 0 Å². The molecule has 1 heterocycles. The summed E-state index contributed by atoms with van der Waals surface area (Å²) in [7, 11) is 0. The summed E-state index contributed by atoms with van der Waals surface area (Å²) in [4.78, 5) is 26.5. The van der Waals surface area contributed by atoms with Crippen molar-refractivity contribution in [2.24, 2.45) is 5.10 Å². The zero-order valence-electron chi connectivity index (χ0n) is 14.3. The number of carbonyl (C=O) groups is 1. The van der Waals surface area contributed by atoms with E-state index in [1.165, 1.54) is 24.5 Å². The van der Waals surface area contributed by atoms with Crippen molar-refractivity contribution >= 4 is 17.8 Å². The second kappa shape index (κ2) is 9.11. The quantitative estimate of drug-likeness (QED) is 0.440. The minimum Gasteiger partial charge on any atom is -0.493 e. The van der Waals surface area contributed by atoms with E-state index in [4.69, 9.17) is 9.47 Å². The standard InChI is InChI=1S/C17H18N4O5/c1-3-25-15-9-16(26-4-2)14(21(23)24)8-13(15)11-19-20-17(22)12-6-5-7-18-10-12/h5-11H,3-4H2,1-2H3,(H,20,22)/b19-11-. The normalized spacial score (nSPS) is 10.5. The number of hydrogen-bond donors (Lipinski definition) is 1. The van der Waals surface area contributed by atoms with E-state index in [0.29, 0.717) is 23.5 Å². The number of hydrazone groups is 1. The maximum absolute atomic E-state index is 11.9. The van der Waals surface area contributed by atoms with Crippen molar-refractivity contribution in [2.45, 2.75) is 13.8 Å².